The Bertz CT molecular complexity index is 678. The molecule has 120 valence electrons. The van der Waals surface area contributed by atoms with Gasteiger partial charge in [0.05, 0.1) is 4.88 Å². The number of amides is 2. The lowest BCUT2D eigenvalue weighted by Gasteiger charge is -2.31. The largest absolute Gasteiger partial charge is 0.326 e. The van der Waals surface area contributed by atoms with Gasteiger partial charge in [0.2, 0.25) is 5.91 Å². The van der Waals surface area contributed by atoms with Gasteiger partial charge in [0.15, 0.2) is 0 Å². The SMILES string of the molecule is CC(C(=O)Nc1ccc(NC(=O)c2cccs2)cc1)C1CNC1. The molecule has 1 aliphatic heterocycles. The lowest BCUT2D eigenvalue weighted by atomic mass is 9.88. The summed E-state index contributed by atoms with van der Waals surface area (Å²) in [5.74, 6) is 0.323. The molecule has 0 saturated carbocycles. The molecule has 1 fully saturated rings. The number of benzene rings is 1. The molecule has 2 amide bonds. The Kier molecular flexibility index (Phi) is 4.73. The van der Waals surface area contributed by atoms with Gasteiger partial charge in [-0.3, -0.25) is 9.59 Å². The van der Waals surface area contributed by atoms with Crippen LogP contribution in [0.5, 0.6) is 0 Å². The number of rotatable bonds is 5. The van der Waals surface area contributed by atoms with E-state index in [1.165, 1.54) is 11.3 Å². The molecule has 3 N–H and O–H groups in total. The molecule has 5 nitrogen and oxygen atoms in total. The maximum Gasteiger partial charge on any atom is 0.265 e. The minimum absolute atomic E-state index is 0.00513. The van der Waals surface area contributed by atoms with Gasteiger partial charge >= 0.3 is 0 Å². The highest BCUT2D eigenvalue weighted by Crippen LogP contribution is 2.20. The summed E-state index contributed by atoms with van der Waals surface area (Å²) in [6, 6.07) is 10.8. The average molecular weight is 329 g/mol. The van der Waals surface area contributed by atoms with Crippen LogP contribution in [0.25, 0.3) is 0 Å². The van der Waals surface area contributed by atoms with Crippen molar-refractivity contribution < 1.29 is 9.59 Å². The molecule has 1 unspecified atom stereocenters. The van der Waals surface area contributed by atoms with Crippen molar-refractivity contribution in [3.63, 3.8) is 0 Å². The fraction of sp³-hybridized carbons (Fsp3) is 0.294. The Morgan fingerprint density at radius 1 is 1.13 bits per heavy atom. The number of thiophene rings is 1. The lowest BCUT2D eigenvalue weighted by molar-refractivity contribution is -0.121. The van der Waals surface area contributed by atoms with Crippen molar-refractivity contribution >= 4 is 34.5 Å². The van der Waals surface area contributed by atoms with Crippen LogP contribution >= 0.6 is 11.3 Å². The van der Waals surface area contributed by atoms with E-state index in [1.54, 1.807) is 30.3 Å². The molecule has 2 heterocycles. The van der Waals surface area contributed by atoms with E-state index in [2.05, 4.69) is 16.0 Å². The van der Waals surface area contributed by atoms with E-state index in [4.69, 9.17) is 0 Å². The number of nitrogens with one attached hydrogen (secondary N) is 3. The molecule has 0 bridgehead atoms. The van der Waals surface area contributed by atoms with Crippen LogP contribution in [0.15, 0.2) is 41.8 Å². The first kappa shape index (κ1) is 15.7. The quantitative estimate of drug-likeness (QED) is 0.790. The predicted molar refractivity (Wildman–Crippen MR) is 92.9 cm³/mol. The summed E-state index contributed by atoms with van der Waals surface area (Å²) in [6.45, 7) is 3.76. The Morgan fingerprint density at radius 2 is 1.78 bits per heavy atom. The Morgan fingerprint density at radius 3 is 2.30 bits per heavy atom. The fourth-order valence-corrected chi connectivity index (χ4v) is 2.99. The highest BCUT2D eigenvalue weighted by atomic mass is 32.1. The van der Waals surface area contributed by atoms with Crippen molar-refractivity contribution in [1.82, 2.24) is 5.32 Å². The minimum Gasteiger partial charge on any atom is -0.326 e. The van der Waals surface area contributed by atoms with Crippen LogP contribution in [-0.2, 0) is 4.79 Å². The van der Waals surface area contributed by atoms with Gasteiger partial charge in [0.1, 0.15) is 0 Å². The van der Waals surface area contributed by atoms with Crippen LogP contribution in [0.1, 0.15) is 16.6 Å². The van der Waals surface area contributed by atoms with E-state index in [0.717, 1.165) is 18.8 Å². The van der Waals surface area contributed by atoms with E-state index in [1.807, 2.05) is 18.4 Å². The molecule has 1 aliphatic rings. The van der Waals surface area contributed by atoms with Crippen LogP contribution in [0.4, 0.5) is 11.4 Å². The van der Waals surface area contributed by atoms with E-state index in [-0.39, 0.29) is 17.7 Å². The van der Waals surface area contributed by atoms with Crippen LogP contribution < -0.4 is 16.0 Å². The first-order valence-electron chi connectivity index (χ1n) is 7.60. The second-order valence-electron chi connectivity index (χ2n) is 5.71. The van der Waals surface area contributed by atoms with E-state index < -0.39 is 0 Å². The summed E-state index contributed by atoms with van der Waals surface area (Å²) < 4.78 is 0. The molecule has 0 aliphatic carbocycles. The smallest absolute Gasteiger partial charge is 0.265 e. The molecule has 1 saturated heterocycles. The zero-order valence-corrected chi connectivity index (χ0v) is 13.7. The van der Waals surface area contributed by atoms with E-state index >= 15 is 0 Å². The summed E-state index contributed by atoms with van der Waals surface area (Å²) in [5.41, 5.74) is 1.45. The molecule has 1 aromatic carbocycles. The Labute approximate surface area is 139 Å². The number of hydrogen-bond donors (Lipinski definition) is 3. The highest BCUT2D eigenvalue weighted by molar-refractivity contribution is 7.12. The molecular formula is C17H19N3O2S. The summed E-state index contributed by atoms with van der Waals surface area (Å²) in [6.07, 6.45) is 0. The molecular weight excluding hydrogens is 310 g/mol. The van der Waals surface area contributed by atoms with Gasteiger partial charge in [-0.2, -0.15) is 0 Å². The lowest BCUT2D eigenvalue weighted by Crippen LogP contribution is -2.48. The molecule has 2 aromatic rings. The van der Waals surface area contributed by atoms with Gasteiger partial charge in [-0.15, -0.1) is 11.3 Å². The Balaban J connectivity index is 1.56. The van der Waals surface area contributed by atoms with Crippen molar-refractivity contribution in [2.75, 3.05) is 23.7 Å². The van der Waals surface area contributed by atoms with Crippen molar-refractivity contribution in [3.8, 4) is 0 Å². The monoisotopic (exact) mass is 329 g/mol. The van der Waals surface area contributed by atoms with Gasteiger partial charge in [0, 0.05) is 17.3 Å². The maximum absolute atomic E-state index is 12.2. The van der Waals surface area contributed by atoms with Crippen LogP contribution in [0, 0.1) is 11.8 Å². The average Bonchev–Trinajstić information content (AvgIpc) is 3.01. The van der Waals surface area contributed by atoms with E-state index in [0.29, 0.717) is 16.5 Å². The van der Waals surface area contributed by atoms with Gasteiger partial charge in [-0.05, 0) is 54.7 Å². The van der Waals surface area contributed by atoms with Crippen molar-refractivity contribution in [3.05, 3.63) is 46.7 Å². The molecule has 0 spiro atoms. The predicted octanol–water partition coefficient (Wildman–Crippen LogP) is 2.79. The fourth-order valence-electron chi connectivity index (χ4n) is 2.37. The highest BCUT2D eigenvalue weighted by Gasteiger charge is 2.28. The zero-order chi connectivity index (χ0) is 16.2. The standard InChI is InChI=1S/C17H19N3O2S/c1-11(12-9-18-10-12)16(21)19-13-4-6-14(7-5-13)20-17(22)15-3-2-8-23-15/h2-8,11-12,18H,9-10H2,1H3,(H,19,21)(H,20,22). The van der Waals surface area contributed by atoms with Gasteiger partial charge in [-0.25, -0.2) is 0 Å². The van der Waals surface area contributed by atoms with Crippen molar-refractivity contribution in [2.24, 2.45) is 11.8 Å². The third-order valence-corrected chi connectivity index (χ3v) is 4.96. The minimum atomic E-state index is -0.122. The summed E-state index contributed by atoms with van der Waals surface area (Å²) >= 11 is 1.40. The zero-order valence-electron chi connectivity index (χ0n) is 12.8. The Hall–Kier alpha value is -2.18. The summed E-state index contributed by atoms with van der Waals surface area (Å²) in [4.78, 5) is 24.8. The van der Waals surface area contributed by atoms with Crippen molar-refractivity contribution in [1.29, 1.82) is 0 Å². The van der Waals surface area contributed by atoms with Crippen LogP contribution in [0.2, 0.25) is 0 Å². The normalized spacial score (nSPS) is 15.5. The third-order valence-electron chi connectivity index (χ3n) is 4.09. The summed E-state index contributed by atoms with van der Waals surface area (Å²) in [7, 11) is 0. The maximum atomic E-state index is 12.2. The third kappa shape index (κ3) is 3.78. The van der Waals surface area contributed by atoms with E-state index in [9.17, 15) is 9.59 Å². The number of hydrogen-bond acceptors (Lipinski definition) is 4. The number of carbonyl (C=O) groups excluding carboxylic acids is 2. The molecule has 0 radical (unpaired) electrons. The first-order valence-corrected chi connectivity index (χ1v) is 8.48. The first-order chi connectivity index (χ1) is 11.1. The van der Waals surface area contributed by atoms with Gasteiger partial charge in [0.25, 0.3) is 5.91 Å². The molecule has 1 aromatic heterocycles. The summed E-state index contributed by atoms with van der Waals surface area (Å²) in [5, 5.41) is 10.8. The van der Waals surface area contributed by atoms with Gasteiger partial charge < -0.3 is 16.0 Å². The molecule has 3 rings (SSSR count). The second kappa shape index (κ2) is 6.93. The number of anilines is 2. The molecule has 6 heteroatoms. The second-order valence-corrected chi connectivity index (χ2v) is 6.65. The van der Waals surface area contributed by atoms with Gasteiger partial charge in [-0.1, -0.05) is 13.0 Å². The topological polar surface area (TPSA) is 70.2 Å². The van der Waals surface area contributed by atoms with Crippen LogP contribution in [-0.4, -0.2) is 24.9 Å². The van der Waals surface area contributed by atoms with Crippen molar-refractivity contribution in [2.45, 2.75) is 6.92 Å². The molecule has 23 heavy (non-hydrogen) atoms. The number of carbonyl (C=O) groups is 2. The van der Waals surface area contributed by atoms with Crippen LogP contribution in [0.3, 0.4) is 0 Å². The molecule has 1 atom stereocenters.